The molecule has 0 aliphatic carbocycles. The average Bonchev–Trinajstić information content (AvgIpc) is 3.29. The van der Waals surface area contributed by atoms with Gasteiger partial charge in [0.25, 0.3) is 5.91 Å². The molecule has 2 aromatic carbocycles. The molecule has 1 aliphatic rings. The van der Waals surface area contributed by atoms with Gasteiger partial charge >= 0.3 is 0 Å². The first-order chi connectivity index (χ1) is 16.3. The topological polar surface area (TPSA) is 66.5 Å². The molecule has 2 N–H and O–H groups in total. The number of anilines is 2. The molecule has 1 saturated heterocycles. The molecular weight excluding hydrogens is 482 g/mol. The number of benzene rings is 2. The Morgan fingerprint density at radius 3 is 2.50 bits per heavy atom. The van der Waals surface area contributed by atoms with Crippen LogP contribution in [0.5, 0.6) is 0 Å². The van der Waals surface area contributed by atoms with Crippen LogP contribution in [0, 0.1) is 11.6 Å². The van der Waals surface area contributed by atoms with E-state index in [-0.39, 0.29) is 5.13 Å². The summed E-state index contributed by atoms with van der Waals surface area (Å²) >= 11 is 7.20. The van der Waals surface area contributed by atoms with Crippen molar-refractivity contribution in [2.24, 2.45) is 0 Å². The molecule has 2 heterocycles. The van der Waals surface area contributed by atoms with Crippen molar-refractivity contribution in [1.82, 2.24) is 10.3 Å². The third-order valence-corrected chi connectivity index (χ3v) is 6.95. The Morgan fingerprint density at radius 1 is 1.24 bits per heavy atom. The van der Waals surface area contributed by atoms with Crippen molar-refractivity contribution in [2.45, 2.75) is 12.3 Å². The van der Waals surface area contributed by atoms with Crippen LogP contribution in [0.2, 0.25) is 5.02 Å². The van der Waals surface area contributed by atoms with Crippen LogP contribution < -0.4 is 15.5 Å². The molecule has 1 fully saturated rings. The fraction of sp³-hybridized carbons (Fsp3) is 0.333. The van der Waals surface area contributed by atoms with E-state index in [0.717, 1.165) is 18.7 Å². The number of nitrogens with one attached hydrogen (secondary N) is 2. The number of aromatic nitrogens is 1. The molecule has 0 spiro atoms. The van der Waals surface area contributed by atoms with E-state index in [2.05, 4.69) is 15.6 Å². The molecular formula is C24H25ClF2N4O2S. The van der Waals surface area contributed by atoms with Crippen LogP contribution in [0.1, 0.15) is 28.5 Å². The molecule has 1 aromatic heterocycles. The summed E-state index contributed by atoms with van der Waals surface area (Å²) in [4.78, 5) is 19.2. The monoisotopic (exact) mass is 506 g/mol. The van der Waals surface area contributed by atoms with Gasteiger partial charge in [-0.1, -0.05) is 23.7 Å². The Labute approximate surface area is 205 Å². The zero-order chi connectivity index (χ0) is 24.3. The number of nitrogens with zero attached hydrogens (tertiary/aromatic N) is 2. The normalized spacial score (nSPS) is 15.7. The number of hydrogen-bond acceptors (Lipinski definition) is 6. The van der Waals surface area contributed by atoms with Crippen molar-refractivity contribution >= 4 is 39.7 Å². The van der Waals surface area contributed by atoms with Crippen molar-refractivity contribution < 1.29 is 18.3 Å². The fourth-order valence-electron chi connectivity index (χ4n) is 4.04. The predicted molar refractivity (Wildman–Crippen MR) is 131 cm³/mol. The zero-order valence-corrected chi connectivity index (χ0v) is 20.4. The molecule has 180 valence electrons. The zero-order valence-electron chi connectivity index (χ0n) is 18.8. The summed E-state index contributed by atoms with van der Waals surface area (Å²) < 4.78 is 35.0. The lowest BCUT2D eigenvalue weighted by Gasteiger charge is -2.29. The minimum absolute atomic E-state index is 0.237. The van der Waals surface area contributed by atoms with E-state index in [0.29, 0.717) is 36.1 Å². The van der Waals surface area contributed by atoms with Crippen LogP contribution in [0.25, 0.3) is 0 Å². The minimum Gasteiger partial charge on any atom is -0.383 e. The highest BCUT2D eigenvalue weighted by Crippen LogP contribution is 2.35. The predicted octanol–water partition coefficient (Wildman–Crippen LogP) is 4.69. The van der Waals surface area contributed by atoms with E-state index in [1.54, 1.807) is 24.6 Å². The Bertz CT molecular complexity index is 1150. The molecule has 6 nitrogen and oxygen atoms in total. The number of carbonyl (C=O) groups excluding carboxylic acids is 1. The Balaban J connectivity index is 1.55. The summed E-state index contributed by atoms with van der Waals surface area (Å²) in [5, 5.41) is 8.37. The number of piperazine rings is 1. The summed E-state index contributed by atoms with van der Waals surface area (Å²) in [6.07, 6.45) is 0. The quantitative estimate of drug-likeness (QED) is 0.486. The maximum absolute atomic E-state index is 14.8. The van der Waals surface area contributed by atoms with Gasteiger partial charge in [-0.2, -0.15) is 0 Å². The van der Waals surface area contributed by atoms with E-state index in [9.17, 15) is 13.6 Å². The van der Waals surface area contributed by atoms with Crippen LogP contribution in [-0.2, 0) is 10.2 Å². The Kier molecular flexibility index (Phi) is 7.47. The minimum atomic E-state index is -0.909. The van der Waals surface area contributed by atoms with E-state index in [1.165, 1.54) is 23.5 Å². The van der Waals surface area contributed by atoms with Crippen LogP contribution in [0.4, 0.5) is 19.6 Å². The van der Waals surface area contributed by atoms with Crippen LogP contribution in [0.3, 0.4) is 0 Å². The third-order valence-electron chi connectivity index (χ3n) is 5.94. The molecule has 10 heteroatoms. The molecule has 1 aliphatic heterocycles. The highest BCUT2D eigenvalue weighted by Gasteiger charge is 2.32. The number of carbonyl (C=O) groups is 1. The number of thiazole rings is 1. The van der Waals surface area contributed by atoms with Crippen molar-refractivity contribution in [3.8, 4) is 0 Å². The molecule has 0 bridgehead atoms. The highest BCUT2D eigenvalue weighted by atomic mass is 35.5. The van der Waals surface area contributed by atoms with Gasteiger partial charge in [0.2, 0.25) is 0 Å². The fourth-order valence-corrected chi connectivity index (χ4v) is 5.00. The Morgan fingerprint density at radius 2 is 1.88 bits per heavy atom. The molecule has 1 unspecified atom stereocenters. The van der Waals surface area contributed by atoms with Gasteiger partial charge < -0.3 is 15.0 Å². The second-order valence-electron chi connectivity index (χ2n) is 8.29. The molecule has 1 amide bonds. The van der Waals surface area contributed by atoms with E-state index >= 15 is 0 Å². The van der Waals surface area contributed by atoms with Crippen LogP contribution in [-0.4, -0.2) is 50.8 Å². The summed E-state index contributed by atoms with van der Waals surface area (Å²) in [5.74, 6) is -2.70. The second-order valence-corrected chi connectivity index (χ2v) is 9.58. The molecule has 0 radical (unpaired) electrons. The first-order valence-corrected chi connectivity index (χ1v) is 12.0. The van der Waals surface area contributed by atoms with Crippen LogP contribution >= 0.6 is 22.9 Å². The smallest absolute Gasteiger partial charge is 0.263 e. The third kappa shape index (κ3) is 5.07. The average molecular weight is 507 g/mol. The van der Waals surface area contributed by atoms with Gasteiger partial charge in [0.1, 0.15) is 17.2 Å². The number of ether oxygens (including phenoxy) is 1. The molecule has 34 heavy (non-hydrogen) atoms. The van der Waals surface area contributed by atoms with Gasteiger partial charge in [-0.15, -0.1) is 11.3 Å². The van der Waals surface area contributed by atoms with Gasteiger partial charge in [0, 0.05) is 49.4 Å². The number of rotatable bonds is 7. The van der Waals surface area contributed by atoms with Gasteiger partial charge in [0.15, 0.2) is 5.13 Å². The first kappa shape index (κ1) is 24.5. The standard InChI is InChI=1S/C24H25ClF2N4O2S/c1-24(14-33-2,15-3-5-16(25)6-4-15)20-13-34-23(29-20)30-22(32)21-18(26)11-17(12-19(21)27)31-9-7-28-8-10-31/h3-6,11-13,28H,7-10,14H2,1-2H3,(H,29,30,32). The first-order valence-electron chi connectivity index (χ1n) is 10.8. The maximum Gasteiger partial charge on any atom is 0.263 e. The van der Waals surface area contributed by atoms with Gasteiger partial charge in [-0.05, 0) is 36.8 Å². The molecule has 0 saturated carbocycles. The number of amides is 1. The van der Waals surface area contributed by atoms with Crippen molar-refractivity contribution in [3.63, 3.8) is 0 Å². The largest absolute Gasteiger partial charge is 0.383 e. The summed E-state index contributed by atoms with van der Waals surface area (Å²) in [7, 11) is 1.60. The van der Waals surface area contributed by atoms with Gasteiger partial charge in [-0.25, -0.2) is 13.8 Å². The van der Waals surface area contributed by atoms with Crippen molar-refractivity contribution in [2.75, 3.05) is 50.1 Å². The van der Waals surface area contributed by atoms with E-state index in [4.69, 9.17) is 16.3 Å². The van der Waals surface area contributed by atoms with Gasteiger partial charge in [-0.3, -0.25) is 10.1 Å². The number of halogens is 3. The Hall–Kier alpha value is -2.59. The summed E-state index contributed by atoms with van der Waals surface area (Å²) in [5.41, 5.74) is 0.769. The van der Waals surface area contributed by atoms with Gasteiger partial charge in [0.05, 0.1) is 17.7 Å². The van der Waals surface area contributed by atoms with E-state index in [1.807, 2.05) is 24.0 Å². The lowest BCUT2D eigenvalue weighted by atomic mass is 9.81. The number of hydrogen-bond donors (Lipinski definition) is 2. The van der Waals surface area contributed by atoms with Crippen molar-refractivity contribution in [1.29, 1.82) is 0 Å². The number of methoxy groups -OCH3 is 1. The summed E-state index contributed by atoms with van der Waals surface area (Å²) in [6, 6.07) is 9.76. The maximum atomic E-state index is 14.8. The second kappa shape index (κ2) is 10.4. The SMILES string of the molecule is COCC(C)(c1ccc(Cl)cc1)c1csc(NC(=O)c2c(F)cc(N3CCNCC3)cc2F)n1. The van der Waals surface area contributed by atoms with Crippen LogP contribution in [0.15, 0.2) is 41.8 Å². The van der Waals surface area contributed by atoms with E-state index < -0.39 is 28.5 Å². The molecule has 4 rings (SSSR count). The molecule has 1 atom stereocenters. The lowest BCUT2D eigenvalue weighted by molar-refractivity contribution is 0.101. The highest BCUT2D eigenvalue weighted by molar-refractivity contribution is 7.14. The lowest BCUT2D eigenvalue weighted by Crippen LogP contribution is -2.43. The summed E-state index contributed by atoms with van der Waals surface area (Å²) in [6.45, 7) is 5.04. The van der Waals surface area contributed by atoms with Crippen molar-refractivity contribution in [3.05, 3.63) is 75.3 Å². The molecule has 3 aromatic rings.